The molecule has 1 aromatic carbocycles. The highest BCUT2D eigenvalue weighted by Gasteiger charge is 2.12. The Morgan fingerprint density at radius 2 is 1.95 bits per heavy atom. The van der Waals surface area contributed by atoms with Crippen LogP contribution in [0.5, 0.6) is 0 Å². The van der Waals surface area contributed by atoms with Crippen LogP contribution in [0.2, 0.25) is 0 Å². The average Bonchev–Trinajstić information content (AvgIpc) is 2.43. The standard InChI is InChI=1S/C13H16BrNO4S/c1-10-5-7-11(8-6-10)20(17,18)15-9-3-4-12(14)13(16)19-2/h4-8,15H,3,9H2,1-2H3/b12-4+. The number of sulfonamides is 1. The minimum Gasteiger partial charge on any atom is -0.465 e. The van der Waals surface area contributed by atoms with Gasteiger partial charge in [-0.2, -0.15) is 0 Å². The van der Waals surface area contributed by atoms with E-state index in [1.165, 1.54) is 7.11 Å². The number of halogens is 1. The molecule has 0 aliphatic rings. The molecule has 0 amide bonds. The normalized spacial score (nSPS) is 12.2. The molecule has 5 nitrogen and oxygen atoms in total. The van der Waals surface area contributed by atoms with Crippen molar-refractivity contribution in [2.75, 3.05) is 13.7 Å². The van der Waals surface area contributed by atoms with E-state index in [9.17, 15) is 13.2 Å². The molecule has 0 aromatic heterocycles. The summed E-state index contributed by atoms with van der Waals surface area (Å²) < 4.78 is 31.1. The molecule has 1 aromatic rings. The number of esters is 1. The molecule has 20 heavy (non-hydrogen) atoms. The Kier molecular flexibility index (Phi) is 6.38. The first-order valence-corrected chi connectivity index (χ1v) is 8.15. The van der Waals surface area contributed by atoms with Crippen molar-refractivity contribution in [3.63, 3.8) is 0 Å². The highest BCUT2D eigenvalue weighted by molar-refractivity contribution is 9.12. The number of methoxy groups -OCH3 is 1. The lowest BCUT2D eigenvalue weighted by Gasteiger charge is -2.06. The van der Waals surface area contributed by atoms with Crippen LogP contribution in [0.3, 0.4) is 0 Å². The molecular formula is C13H16BrNO4S. The second-order valence-corrected chi connectivity index (χ2v) is 6.66. The maximum atomic E-state index is 11.9. The Labute approximate surface area is 127 Å². The summed E-state index contributed by atoms with van der Waals surface area (Å²) >= 11 is 3.05. The van der Waals surface area contributed by atoms with Gasteiger partial charge in [-0.3, -0.25) is 0 Å². The molecule has 0 aliphatic heterocycles. The SMILES string of the molecule is COC(=O)/C(Br)=C\CCNS(=O)(=O)c1ccc(C)cc1. The van der Waals surface area contributed by atoms with Crippen LogP contribution in [-0.2, 0) is 19.6 Å². The van der Waals surface area contributed by atoms with Crippen LogP contribution in [0, 0.1) is 6.92 Å². The maximum absolute atomic E-state index is 11.9. The zero-order valence-electron chi connectivity index (χ0n) is 11.2. The molecule has 110 valence electrons. The van der Waals surface area contributed by atoms with Crippen LogP contribution < -0.4 is 4.72 Å². The van der Waals surface area contributed by atoms with Gasteiger partial charge in [0.25, 0.3) is 0 Å². The molecule has 0 spiro atoms. The van der Waals surface area contributed by atoms with Crippen molar-refractivity contribution in [1.82, 2.24) is 4.72 Å². The number of benzene rings is 1. The van der Waals surface area contributed by atoms with Crippen molar-refractivity contribution in [3.05, 3.63) is 40.4 Å². The van der Waals surface area contributed by atoms with E-state index in [-0.39, 0.29) is 15.9 Å². The maximum Gasteiger partial charge on any atom is 0.344 e. The summed E-state index contributed by atoms with van der Waals surface area (Å²) in [5, 5.41) is 0. The van der Waals surface area contributed by atoms with Crippen molar-refractivity contribution in [1.29, 1.82) is 0 Å². The largest absolute Gasteiger partial charge is 0.465 e. The quantitative estimate of drug-likeness (QED) is 0.478. The summed E-state index contributed by atoms with van der Waals surface area (Å²) in [5.74, 6) is -0.494. The van der Waals surface area contributed by atoms with Gasteiger partial charge in [0.15, 0.2) is 0 Å². The van der Waals surface area contributed by atoms with E-state index in [0.717, 1.165) is 5.56 Å². The summed E-state index contributed by atoms with van der Waals surface area (Å²) in [7, 11) is -2.24. The van der Waals surface area contributed by atoms with Gasteiger partial charge < -0.3 is 4.74 Å². The van der Waals surface area contributed by atoms with Gasteiger partial charge in [-0.1, -0.05) is 23.8 Å². The van der Waals surface area contributed by atoms with Crippen molar-refractivity contribution in [2.45, 2.75) is 18.2 Å². The second-order valence-electron chi connectivity index (χ2n) is 4.04. The van der Waals surface area contributed by atoms with Crippen LogP contribution in [-0.4, -0.2) is 28.0 Å². The van der Waals surface area contributed by atoms with Crippen molar-refractivity contribution < 1.29 is 17.9 Å². The van der Waals surface area contributed by atoms with Crippen LogP contribution in [0.1, 0.15) is 12.0 Å². The summed E-state index contributed by atoms with van der Waals surface area (Å²) in [6, 6.07) is 6.58. The third-order valence-corrected chi connectivity index (χ3v) is 4.60. The smallest absolute Gasteiger partial charge is 0.344 e. The van der Waals surface area contributed by atoms with E-state index in [2.05, 4.69) is 25.4 Å². The number of ether oxygens (including phenoxy) is 1. The summed E-state index contributed by atoms with van der Waals surface area (Å²) in [6.45, 7) is 2.08. The van der Waals surface area contributed by atoms with Gasteiger partial charge in [-0.15, -0.1) is 0 Å². The molecule has 1 N–H and O–H groups in total. The lowest BCUT2D eigenvalue weighted by atomic mass is 10.2. The van der Waals surface area contributed by atoms with E-state index < -0.39 is 16.0 Å². The monoisotopic (exact) mass is 361 g/mol. The van der Waals surface area contributed by atoms with Crippen LogP contribution in [0.15, 0.2) is 39.7 Å². The summed E-state index contributed by atoms with van der Waals surface area (Å²) in [5.41, 5.74) is 0.994. The van der Waals surface area contributed by atoms with Crippen LogP contribution >= 0.6 is 15.9 Å². The highest BCUT2D eigenvalue weighted by Crippen LogP contribution is 2.10. The van der Waals surface area contributed by atoms with E-state index >= 15 is 0 Å². The van der Waals surface area contributed by atoms with Crippen molar-refractivity contribution >= 4 is 31.9 Å². The Bertz CT molecular complexity index is 593. The number of aryl methyl sites for hydroxylation is 1. The third kappa shape index (κ3) is 5.07. The van der Waals surface area contributed by atoms with Gasteiger partial charge in [0, 0.05) is 6.54 Å². The Hall–Kier alpha value is -1.18. The number of carbonyl (C=O) groups excluding carboxylic acids is 1. The predicted molar refractivity (Wildman–Crippen MR) is 80.0 cm³/mol. The third-order valence-electron chi connectivity index (χ3n) is 2.47. The first-order chi connectivity index (χ1) is 9.36. The molecule has 0 atom stereocenters. The molecule has 0 unspecified atom stereocenters. The van der Waals surface area contributed by atoms with Gasteiger partial charge in [-0.25, -0.2) is 17.9 Å². The van der Waals surface area contributed by atoms with E-state index in [0.29, 0.717) is 6.42 Å². The number of hydrogen-bond donors (Lipinski definition) is 1. The van der Waals surface area contributed by atoms with E-state index in [1.54, 1.807) is 30.3 Å². The molecule has 1 rings (SSSR count). The zero-order valence-corrected chi connectivity index (χ0v) is 13.6. The lowest BCUT2D eigenvalue weighted by Crippen LogP contribution is -2.24. The Morgan fingerprint density at radius 1 is 1.35 bits per heavy atom. The Morgan fingerprint density at radius 3 is 2.50 bits per heavy atom. The van der Waals surface area contributed by atoms with Gasteiger partial charge in [0.05, 0.1) is 16.5 Å². The molecule has 0 fully saturated rings. The van der Waals surface area contributed by atoms with Crippen LogP contribution in [0.4, 0.5) is 0 Å². The molecule has 0 radical (unpaired) electrons. The number of hydrogen-bond acceptors (Lipinski definition) is 4. The second kappa shape index (κ2) is 7.56. The zero-order chi connectivity index (χ0) is 15.2. The fraction of sp³-hybridized carbons (Fsp3) is 0.308. The first kappa shape index (κ1) is 16.9. The molecular weight excluding hydrogens is 346 g/mol. The molecule has 0 saturated carbocycles. The number of rotatable bonds is 6. The average molecular weight is 362 g/mol. The molecule has 0 saturated heterocycles. The minimum absolute atomic E-state index is 0.197. The fourth-order valence-corrected chi connectivity index (χ4v) is 2.81. The Balaban J connectivity index is 2.57. The summed E-state index contributed by atoms with van der Waals surface area (Å²) in [6.07, 6.45) is 1.93. The summed E-state index contributed by atoms with van der Waals surface area (Å²) in [4.78, 5) is 11.3. The highest BCUT2D eigenvalue weighted by atomic mass is 79.9. The van der Waals surface area contributed by atoms with E-state index in [4.69, 9.17) is 0 Å². The van der Waals surface area contributed by atoms with Gasteiger partial charge in [0.1, 0.15) is 0 Å². The molecule has 0 bridgehead atoms. The fourth-order valence-electron chi connectivity index (χ4n) is 1.37. The minimum atomic E-state index is -3.51. The molecule has 0 heterocycles. The van der Waals surface area contributed by atoms with Gasteiger partial charge >= 0.3 is 5.97 Å². The number of carbonyl (C=O) groups is 1. The van der Waals surface area contributed by atoms with Crippen molar-refractivity contribution in [2.24, 2.45) is 0 Å². The van der Waals surface area contributed by atoms with Gasteiger partial charge in [-0.05, 0) is 41.4 Å². The first-order valence-electron chi connectivity index (χ1n) is 5.87. The molecule has 7 heteroatoms. The lowest BCUT2D eigenvalue weighted by molar-refractivity contribution is -0.135. The number of nitrogens with one attached hydrogen (secondary N) is 1. The van der Waals surface area contributed by atoms with Crippen LogP contribution in [0.25, 0.3) is 0 Å². The predicted octanol–water partition coefficient (Wildman–Crippen LogP) is 2.12. The van der Waals surface area contributed by atoms with Gasteiger partial charge in [0.2, 0.25) is 10.0 Å². The molecule has 0 aliphatic carbocycles. The van der Waals surface area contributed by atoms with E-state index in [1.807, 2.05) is 6.92 Å². The topological polar surface area (TPSA) is 72.5 Å². The van der Waals surface area contributed by atoms with Crippen molar-refractivity contribution in [3.8, 4) is 0 Å².